The van der Waals surface area contributed by atoms with Crippen LogP contribution in [0.25, 0.3) is 0 Å². The van der Waals surface area contributed by atoms with Gasteiger partial charge in [-0.1, -0.05) is 11.6 Å². The molecule has 0 radical (unpaired) electrons. The third-order valence-corrected chi connectivity index (χ3v) is 2.89. The minimum Gasteiger partial charge on any atom is -0.465 e. The molecule has 0 saturated carbocycles. The fourth-order valence-corrected chi connectivity index (χ4v) is 1.82. The van der Waals surface area contributed by atoms with Gasteiger partial charge in [-0.3, -0.25) is 0 Å². The summed E-state index contributed by atoms with van der Waals surface area (Å²) in [5, 5.41) is 28.0. The largest absolute Gasteiger partial charge is 0.465 e. The molecule has 0 aliphatic rings. The van der Waals surface area contributed by atoms with E-state index in [1.807, 2.05) is 0 Å². The van der Waals surface area contributed by atoms with Crippen molar-refractivity contribution >= 4 is 23.3 Å². The van der Waals surface area contributed by atoms with E-state index in [2.05, 4.69) is 4.74 Å². The van der Waals surface area contributed by atoms with Crippen LogP contribution in [-0.2, 0) is 4.74 Å². The van der Waals surface area contributed by atoms with Crippen LogP contribution in [0, 0.1) is 11.3 Å². The number of aliphatic hydroxyl groups excluding tert-OH is 2. The number of nitrogens with zero attached hydrogens (tertiary/aromatic N) is 1. The molecule has 0 heterocycles. The van der Waals surface area contributed by atoms with Crippen LogP contribution in [0.5, 0.6) is 0 Å². The smallest absolute Gasteiger partial charge is 0.339 e. The molecular formula is C12H13ClN2O4. The number of halogens is 1. The summed E-state index contributed by atoms with van der Waals surface area (Å²) in [6.45, 7) is 0. The molecular weight excluding hydrogens is 272 g/mol. The lowest BCUT2D eigenvalue weighted by Gasteiger charge is -2.18. The first-order valence-electron chi connectivity index (χ1n) is 5.32. The van der Waals surface area contributed by atoms with Crippen LogP contribution in [0.15, 0.2) is 12.1 Å². The summed E-state index contributed by atoms with van der Waals surface area (Å²) in [7, 11) is 1.19. The first-order valence-corrected chi connectivity index (χ1v) is 5.70. The van der Waals surface area contributed by atoms with E-state index in [1.54, 1.807) is 6.07 Å². The van der Waals surface area contributed by atoms with Gasteiger partial charge in [-0.2, -0.15) is 5.26 Å². The van der Waals surface area contributed by atoms with Crippen LogP contribution in [0.4, 0.5) is 5.69 Å². The Labute approximate surface area is 115 Å². The monoisotopic (exact) mass is 284 g/mol. The summed E-state index contributed by atoms with van der Waals surface area (Å²) in [4.78, 5) is 11.5. The Morgan fingerprint density at radius 2 is 2.21 bits per heavy atom. The third-order valence-electron chi connectivity index (χ3n) is 2.56. The third kappa shape index (κ3) is 3.35. The van der Waals surface area contributed by atoms with E-state index in [0.717, 1.165) is 0 Å². The number of nitriles is 1. The number of rotatable bonds is 4. The quantitative estimate of drug-likeness (QED) is 0.561. The van der Waals surface area contributed by atoms with Gasteiger partial charge in [0.05, 0.1) is 31.3 Å². The van der Waals surface area contributed by atoms with Gasteiger partial charge in [0.15, 0.2) is 0 Å². The number of anilines is 1. The number of nitrogen functional groups attached to an aromatic ring is 1. The van der Waals surface area contributed by atoms with E-state index in [-0.39, 0.29) is 28.3 Å². The van der Waals surface area contributed by atoms with E-state index in [9.17, 15) is 15.0 Å². The standard InChI is InChI=1S/C12H13ClN2O4/c1-19-12(18)7-4-6(8(13)5-9(7)15)11(17)10(16)2-3-14/h4-5,10-11,16-17H,2,15H2,1H3. The molecule has 2 atom stereocenters. The van der Waals surface area contributed by atoms with Crippen molar-refractivity contribution < 1.29 is 19.7 Å². The Bertz CT molecular complexity index is 527. The lowest BCUT2D eigenvalue weighted by atomic mass is 9.99. The minimum absolute atomic E-state index is 0.0325. The predicted molar refractivity (Wildman–Crippen MR) is 68.4 cm³/mol. The van der Waals surface area contributed by atoms with Crippen LogP contribution in [0.1, 0.15) is 28.4 Å². The first-order chi connectivity index (χ1) is 8.92. The Morgan fingerprint density at radius 3 is 2.74 bits per heavy atom. The highest BCUT2D eigenvalue weighted by Gasteiger charge is 2.23. The molecule has 0 aromatic heterocycles. The molecule has 7 heteroatoms. The van der Waals surface area contributed by atoms with Gasteiger partial charge in [0, 0.05) is 16.3 Å². The van der Waals surface area contributed by atoms with Gasteiger partial charge in [0.1, 0.15) is 6.10 Å². The number of carbonyl (C=O) groups excluding carboxylic acids is 1. The number of esters is 1. The number of hydrogen-bond donors (Lipinski definition) is 3. The molecule has 1 rings (SSSR count). The summed E-state index contributed by atoms with van der Waals surface area (Å²) in [5.41, 5.74) is 5.86. The molecule has 0 spiro atoms. The van der Waals surface area contributed by atoms with Crippen LogP contribution in [-0.4, -0.2) is 29.4 Å². The normalized spacial score (nSPS) is 13.4. The SMILES string of the molecule is COC(=O)c1cc(C(O)C(O)CC#N)c(Cl)cc1N. The first kappa shape index (κ1) is 15.2. The van der Waals surface area contributed by atoms with E-state index in [4.69, 9.17) is 22.6 Å². The summed E-state index contributed by atoms with van der Waals surface area (Å²) < 4.78 is 4.54. The highest BCUT2D eigenvalue weighted by Crippen LogP contribution is 2.31. The van der Waals surface area contributed by atoms with E-state index in [1.165, 1.54) is 19.2 Å². The molecule has 19 heavy (non-hydrogen) atoms. The summed E-state index contributed by atoms with van der Waals surface area (Å²) >= 11 is 5.90. The second kappa shape index (κ2) is 6.38. The van der Waals surface area contributed by atoms with Gasteiger partial charge < -0.3 is 20.7 Å². The molecule has 0 saturated heterocycles. The number of benzene rings is 1. The molecule has 0 aliphatic heterocycles. The summed E-state index contributed by atoms with van der Waals surface area (Å²) in [5.74, 6) is -0.683. The predicted octanol–water partition coefficient (Wildman–Crippen LogP) is 1.02. The van der Waals surface area contributed by atoms with Gasteiger partial charge in [-0.15, -0.1) is 0 Å². The highest BCUT2D eigenvalue weighted by atomic mass is 35.5. The number of methoxy groups -OCH3 is 1. The highest BCUT2D eigenvalue weighted by molar-refractivity contribution is 6.32. The number of aliphatic hydroxyl groups is 2. The number of ether oxygens (including phenoxy) is 1. The van der Waals surface area contributed by atoms with Gasteiger partial charge in [-0.25, -0.2) is 4.79 Å². The van der Waals surface area contributed by atoms with E-state index in [0.29, 0.717) is 0 Å². The zero-order chi connectivity index (χ0) is 14.6. The van der Waals surface area contributed by atoms with Crippen molar-refractivity contribution in [3.8, 4) is 6.07 Å². The van der Waals surface area contributed by atoms with Crippen LogP contribution in [0.2, 0.25) is 5.02 Å². The Kier molecular flexibility index (Phi) is 5.12. The van der Waals surface area contributed by atoms with Crippen molar-refractivity contribution in [3.05, 3.63) is 28.3 Å². The molecule has 0 amide bonds. The van der Waals surface area contributed by atoms with Crippen molar-refractivity contribution in [1.82, 2.24) is 0 Å². The van der Waals surface area contributed by atoms with E-state index >= 15 is 0 Å². The molecule has 6 nitrogen and oxygen atoms in total. The molecule has 0 aliphatic carbocycles. The van der Waals surface area contributed by atoms with Crippen molar-refractivity contribution in [2.45, 2.75) is 18.6 Å². The van der Waals surface area contributed by atoms with Gasteiger partial charge >= 0.3 is 5.97 Å². The van der Waals surface area contributed by atoms with Gasteiger partial charge in [0.2, 0.25) is 0 Å². The van der Waals surface area contributed by atoms with Crippen LogP contribution < -0.4 is 5.73 Å². The lowest BCUT2D eigenvalue weighted by molar-refractivity contribution is 0.0216. The number of nitrogens with two attached hydrogens (primary N) is 1. The van der Waals surface area contributed by atoms with Crippen molar-refractivity contribution in [2.24, 2.45) is 0 Å². The van der Waals surface area contributed by atoms with Crippen molar-refractivity contribution in [2.75, 3.05) is 12.8 Å². The van der Waals surface area contributed by atoms with Gasteiger partial charge in [0.25, 0.3) is 0 Å². The fourth-order valence-electron chi connectivity index (χ4n) is 1.53. The maximum absolute atomic E-state index is 11.5. The van der Waals surface area contributed by atoms with Crippen molar-refractivity contribution in [1.29, 1.82) is 5.26 Å². The molecule has 1 aromatic rings. The molecule has 0 fully saturated rings. The zero-order valence-corrected chi connectivity index (χ0v) is 10.9. The van der Waals surface area contributed by atoms with Crippen LogP contribution >= 0.6 is 11.6 Å². The average Bonchev–Trinajstić information content (AvgIpc) is 2.37. The summed E-state index contributed by atoms with van der Waals surface area (Å²) in [6.07, 6.45) is -2.97. The summed E-state index contributed by atoms with van der Waals surface area (Å²) in [6, 6.07) is 4.26. The topological polar surface area (TPSA) is 117 Å². The lowest BCUT2D eigenvalue weighted by Crippen LogP contribution is -2.19. The van der Waals surface area contributed by atoms with Crippen LogP contribution in [0.3, 0.4) is 0 Å². The number of carbonyl (C=O) groups is 1. The molecule has 4 N–H and O–H groups in total. The second-order valence-electron chi connectivity index (χ2n) is 3.83. The maximum Gasteiger partial charge on any atom is 0.339 e. The van der Waals surface area contributed by atoms with E-state index < -0.39 is 18.2 Å². The fraction of sp³-hybridized carbons (Fsp3) is 0.333. The van der Waals surface area contributed by atoms with Gasteiger partial charge in [-0.05, 0) is 12.1 Å². The second-order valence-corrected chi connectivity index (χ2v) is 4.23. The molecule has 0 bridgehead atoms. The maximum atomic E-state index is 11.5. The Balaban J connectivity index is 3.21. The number of hydrogen-bond acceptors (Lipinski definition) is 6. The van der Waals surface area contributed by atoms with Crippen molar-refractivity contribution in [3.63, 3.8) is 0 Å². The Morgan fingerprint density at radius 1 is 1.58 bits per heavy atom. The minimum atomic E-state index is -1.39. The molecule has 2 unspecified atom stereocenters. The zero-order valence-electron chi connectivity index (χ0n) is 10.1. The molecule has 1 aromatic carbocycles. The average molecular weight is 285 g/mol. The molecule has 102 valence electrons. The Hall–Kier alpha value is -1.81.